The maximum absolute atomic E-state index is 12.9. The van der Waals surface area contributed by atoms with Gasteiger partial charge in [0.05, 0.1) is 19.3 Å². The third-order valence-corrected chi connectivity index (χ3v) is 8.50. The highest BCUT2D eigenvalue weighted by atomic mass is 16.7. The van der Waals surface area contributed by atoms with Crippen LogP contribution in [-0.4, -0.2) is 50.8 Å². The summed E-state index contributed by atoms with van der Waals surface area (Å²) in [5.74, 6) is 0.595. The van der Waals surface area contributed by atoms with Crippen molar-refractivity contribution >= 4 is 19.2 Å². The van der Waals surface area contributed by atoms with E-state index in [2.05, 4.69) is 34.6 Å². The van der Waals surface area contributed by atoms with Crippen molar-refractivity contribution in [1.82, 2.24) is 0 Å². The average molecular weight is 547 g/mol. The molecule has 4 unspecified atom stereocenters. The molecule has 4 atom stereocenters. The van der Waals surface area contributed by atoms with E-state index in [1.165, 1.54) is 14.2 Å². The fourth-order valence-corrected chi connectivity index (χ4v) is 6.20. The number of carbonyl (C=O) groups is 2. The topological polar surface area (TPSA) is 89.5 Å². The number of aryl methyl sites for hydroxylation is 1. The van der Waals surface area contributed by atoms with E-state index in [9.17, 15) is 9.59 Å². The number of esters is 1. The lowest BCUT2D eigenvalue weighted by Gasteiger charge is -2.59. The number of methoxy groups -OCH3 is 2. The lowest BCUT2D eigenvalue weighted by Crippen LogP contribution is -2.57. The molecule has 0 N–H and O–H groups in total. The molecular weight excluding hydrogens is 499 g/mol. The van der Waals surface area contributed by atoms with Crippen molar-refractivity contribution in [1.29, 1.82) is 0 Å². The Labute approximate surface area is 234 Å². The smallest absolute Gasteiger partial charge is 0.465 e. The van der Waals surface area contributed by atoms with Crippen LogP contribution in [-0.2, 0) is 36.5 Å². The average Bonchev–Trinajstić information content (AvgIpc) is 2.85. The summed E-state index contributed by atoms with van der Waals surface area (Å²) in [6.45, 7) is 16.6. The van der Waals surface area contributed by atoms with E-state index >= 15 is 0 Å². The molecular formula is C30H47BO8. The summed E-state index contributed by atoms with van der Waals surface area (Å²) in [7, 11) is 2.37. The number of benzene rings is 1. The molecule has 1 saturated heterocycles. The largest absolute Gasteiger partial charge is 0.514 e. The highest BCUT2D eigenvalue weighted by Crippen LogP contribution is 2.59. The monoisotopic (exact) mass is 546 g/mol. The summed E-state index contributed by atoms with van der Waals surface area (Å²) in [6, 6.07) is 3.64. The first-order chi connectivity index (χ1) is 18.1. The van der Waals surface area contributed by atoms with Crippen molar-refractivity contribution in [2.45, 2.75) is 111 Å². The van der Waals surface area contributed by atoms with E-state index in [1.807, 2.05) is 6.07 Å². The fourth-order valence-electron chi connectivity index (χ4n) is 6.20. The number of fused-ring (bicyclic) bond motifs is 1. The first-order valence-corrected chi connectivity index (χ1v) is 14.1. The molecule has 1 aromatic rings. The van der Waals surface area contributed by atoms with Gasteiger partial charge in [-0.2, -0.15) is 0 Å². The zero-order chi connectivity index (χ0) is 29.2. The molecule has 0 amide bonds. The second kappa shape index (κ2) is 12.2. The van der Waals surface area contributed by atoms with E-state index < -0.39 is 24.8 Å². The summed E-state index contributed by atoms with van der Waals surface area (Å²) >= 11 is 0. The minimum absolute atomic E-state index is 0.0429. The molecule has 3 rings (SSSR count). The van der Waals surface area contributed by atoms with Crippen molar-refractivity contribution in [3.63, 3.8) is 0 Å². The summed E-state index contributed by atoms with van der Waals surface area (Å²) in [5, 5.41) is 0. The molecule has 2 aliphatic rings. The van der Waals surface area contributed by atoms with Crippen LogP contribution >= 0.6 is 0 Å². The van der Waals surface area contributed by atoms with E-state index in [0.29, 0.717) is 35.7 Å². The number of hydrogen-bond acceptors (Lipinski definition) is 8. The highest BCUT2D eigenvalue weighted by molar-refractivity contribution is 6.44. The summed E-state index contributed by atoms with van der Waals surface area (Å²) in [6.07, 6.45) is 3.33. The van der Waals surface area contributed by atoms with Crippen molar-refractivity contribution in [2.24, 2.45) is 17.3 Å². The summed E-state index contributed by atoms with van der Waals surface area (Å²) in [4.78, 5) is 25.6. The maximum Gasteiger partial charge on any atom is 0.514 e. The molecule has 9 heteroatoms. The lowest BCUT2D eigenvalue weighted by atomic mass is 9.48. The molecule has 8 nitrogen and oxygen atoms in total. The van der Waals surface area contributed by atoms with E-state index in [1.54, 1.807) is 26.8 Å². The minimum Gasteiger partial charge on any atom is -0.465 e. The van der Waals surface area contributed by atoms with Gasteiger partial charge in [0.1, 0.15) is 11.2 Å². The zero-order valence-corrected chi connectivity index (χ0v) is 25.5. The van der Waals surface area contributed by atoms with Crippen LogP contribution in [0.4, 0.5) is 4.79 Å². The fraction of sp³-hybridized carbons (Fsp3) is 0.733. The van der Waals surface area contributed by atoms with E-state index in [0.717, 1.165) is 19.3 Å². The molecule has 1 aliphatic carbocycles. The van der Waals surface area contributed by atoms with Gasteiger partial charge in [0.15, 0.2) is 5.75 Å². The van der Waals surface area contributed by atoms with Gasteiger partial charge in [-0.05, 0) is 102 Å². The Morgan fingerprint density at radius 2 is 1.77 bits per heavy atom. The van der Waals surface area contributed by atoms with Gasteiger partial charge in [0.2, 0.25) is 0 Å². The minimum atomic E-state index is -0.897. The van der Waals surface area contributed by atoms with Crippen LogP contribution in [0.1, 0.15) is 96.1 Å². The molecule has 0 aromatic heterocycles. The first-order valence-electron chi connectivity index (χ1n) is 14.1. The lowest BCUT2D eigenvalue weighted by molar-refractivity contribution is -0.136. The van der Waals surface area contributed by atoms with Crippen LogP contribution in [0.2, 0.25) is 6.32 Å². The number of hydrogen-bond donors (Lipinski definition) is 0. The summed E-state index contributed by atoms with van der Waals surface area (Å²) < 4.78 is 34.5. The summed E-state index contributed by atoms with van der Waals surface area (Å²) in [5.41, 5.74) is 0.464. The molecule has 1 heterocycles. The van der Waals surface area contributed by atoms with Crippen LogP contribution in [0.3, 0.4) is 0 Å². The molecule has 0 spiro atoms. The Kier molecular flexibility index (Phi) is 9.82. The zero-order valence-electron chi connectivity index (χ0n) is 25.5. The quantitative estimate of drug-likeness (QED) is 0.214. The second-order valence-electron chi connectivity index (χ2n) is 12.9. The van der Waals surface area contributed by atoms with Gasteiger partial charge in [-0.25, -0.2) is 9.59 Å². The second-order valence-corrected chi connectivity index (χ2v) is 12.9. The van der Waals surface area contributed by atoms with E-state index in [-0.39, 0.29) is 35.0 Å². The molecule has 1 aromatic carbocycles. The molecule has 1 aliphatic heterocycles. The van der Waals surface area contributed by atoms with Crippen molar-refractivity contribution in [2.75, 3.05) is 14.2 Å². The number of carbonyl (C=O) groups excluding carboxylic acids is 2. The Bertz CT molecular complexity index is 1030. The SMILES string of the molecule is COCc1ccc(CCB2OC(C)CCC3(C)C(C)CC3C(C)(C)O2)c(OC(=O)OC(C)(C)C)c1C(=O)OC. The van der Waals surface area contributed by atoms with Crippen molar-refractivity contribution in [3.05, 3.63) is 28.8 Å². The van der Waals surface area contributed by atoms with Crippen LogP contribution < -0.4 is 4.74 Å². The van der Waals surface area contributed by atoms with Gasteiger partial charge in [-0.1, -0.05) is 26.0 Å². The molecule has 39 heavy (non-hydrogen) atoms. The number of rotatable bonds is 7. The molecule has 0 bridgehead atoms. The van der Waals surface area contributed by atoms with Crippen LogP contribution in [0.25, 0.3) is 0 Å². The highest BCUT2D eigenvalue weighted by Gasteiger charge is 2.56. The van der Waals surface area contributed by atoms with Gasteiger partial charge in [0.25, 0.3) is 0 Å². The van der Waals surface area contributed by atoms with Gasteiger partial charge in [0, 0.05) is 13.2 Å². The first kappa shape index (κ1) is 31.4. The predicted molar refractivity (Wildman–Crippen MR) is 150 cm³/mol. The molecule has 0 radical (unpaired) electrons. The van der Waals surface area contributed by atoms with Gasteiger partial charge >= 0.3 is 19.2 Å². The molecule has 2 fully saturated rings. The Hall–Kier alpha value is -2.10. The normalized spacial score (nSPS) is 26.8. The Morgan fingerprint density at radius 1 is 1.10 bits per heavy atom. The van der Waals surface area contributed by atoms with Crippen LogP contribution in [0.15, 0.2) is 12.1 Å². The maximum atomic E-state index is 12.9. The van der Waals surface area contributed by atoms with Gasteiger partial charge < -0.3 is 28.3 Å². The molecule has 218 valence electrons. The molecule has 1 saturated carbocycles. The number of ether oxygens (including phenoxy) is 4. The third kappa shape index (κ3) is 7.36. The standard InChI is InChI=1S/C30H47BO8/c1-19-17-23-29(6,7)39-31(38-20(2)13-15-30(19,23)8)16-14-21-11-12-22(18-34-9)24(26(32)35-10)25(21)36-27(33)37-28(3,4)5/h11-12,19-20,23H,13-18H2,1-10H3. The van der Waals surface area contributed by atoms with E-state index in [4.69, 9.17) is 28.3 Å². The van der Waals surface area contributed by atoms with Crippen LogP contribution in [0.5, 0.6) is 5.75 Å². The van der Waals surface area contributed by atoms with Crippen molar-refractivity contribution in [3.8, 4) is 5.75 Å². The van der Waals surface area contributed by atoms with Crippen molar-refractivity contribution < 1.29 is 37.8 Å². The van der Waals surface area contributed by atoms with Gasteiger partial charge in [-0.15, -0.1) is 0 Å². The Balaban J connectivity index is 1.91. The van der Waals surface area contributed by atoms with Crippen LogP contribution in [0, 0.1) is 17.3 Å². The Morgan fingerprint density at radius 3 is 2.36 bits per heavy atom. The predicted octanol–water partition coefficient (Wildman–Crippen LogP) is 6.62. The van der Waals surface area contributed by atoms with Gasteiger partial charge in [-0.3, -0.25) is 0 Å². The third-order valence-electron chi connectivity index (χ3n) is 8.50.